The van der Waals surface area contributed by atoms with Gasteiger partial charge in [0.25, 0.3) is 5.91 Å². The van der Waals surface area contributed by atoms with Crippen molar-refractivity contribution in [1.29, 1.82) is 0 Å². The third kappa shape index (κ3) is 3.57. The number of nitrogens with zero attached hydrogens (tertiary/aromatic N) is 4. The van der Waals surface area contributed by atoms with E-state index >= 15 is 0 Å². The summed E-state index contributed by atoms with van der Waals surface area (Å²) >= 11 is 1.30. The second-order valence-electron chi connectivity index (χ2n) is 6.02. The van der Waals surface area contributed by atoms with E-state index in [-0.39, 0.29) is 5.91 Å². The van der Waals surface area contributed by atoms with Crippen molar-refractivity contribution in [2.24, 2.45) is 0 Å². The van der Waals surface area contributed by atoms with Crippen molar-refractivity contribution in [3.8, 4) is 0 Å². The number of anilines is 1. The molecule has 0 radical (unpaired) electrons. The highest BCUT2D eigenvalue weighted by atomic mass is 32.1. The molecule has 2 N–H and O–H groups in total. The number of aromatic nitrogens is 2. The van der Waals surface area contributed by atoms with E-state index in [9.17, 15) is 4.79 Å². The molecular weight excluding hydrogens is 322 g/mol. The largest absolute Gasteiger partial charge is 0.375 e. The molecule has 0 aromatic carbocycles. The molecule has 1 amide bonds. The van der Waals surface area contributed by atoms with Gasteiger partial charge in [0, 0.05) is 38.9 Å². The zero-order valence-electron chi connectivity index (χ0n) is 14.2. The lowest BCUT2D eigenvalue weighted by Crippen LogP contribution is -2.48. The van der Waals surface area contributed by atoms with Crippen molar-refractivity contribution in [1.82, 2.24) is 19.8 Å². The summed E-state index contributed by atoms with van der Waals surface area (Å²) in [6, 6.07) is 4.05. The minimum Gasteiger partial charge on any atom is -0.375 e. The molecule has 0 spiro atoms. The number of amides is 1. The van der Waals surface area contributed by atoms with E-state index in [0.717, 1.165) is 50.5 Å². The standard InChI is InChI=1S/C17H23N5OS/c1-3-13-15(24-17(18)20-13)16(23)22-9-7-21(8-10-22)11-14-12(2)5-4-6-19-14/h4-6H,3,7-11H2,1-2H3,(H2,18,20). The fourth-order valence-corrected chi connectivity index (χ4v) is 3.81. The Bertz CT molecular complexity index is 722. The van der Waals surface area contributed by atoms with Crippen LogP contribution in [0.4, 0.5) is 5.13 Å². The Labute approximate surface area is 146 Å². The topological polar surface area (TPSA) is 75.3 Å². The Morgan fingerprint density at radius 3 is 2.71 bits per heavy atom. The van der Waals surface area contributed by atoms with Crippen LogP contribution < -0.4 is 5.73 Å². The van der Waals surface area contributed by atoms with Crippen LogP contribution in [0.25, 0.3) is 0 Å². The number of hydrogen-bond acceptors (Lipinski definition) is 6. The number of carbonyl (C=O) groups is 1. The molecule has 0 unspecified atom stereocenters. The minimum atomic E-state index is 0.0646. The van der Waals surface area contributed by atoms with E-state index in [1.54, 1.807) is 0 Å². The number of thiazole rings is 1. The van der Waals surface area contributed by atoms with Gasteiger partial charge in [-0.3, -0.25) is 14.7 Å². The summed E-state index contributed by atoms with van der Waals surface area (Å²) in [5.74, 6) is 0.0646. The first-order chi connectivity index (χ1) is 11.6. The average Bonchev–Trinajstić information content (AvgIpc) is 2.98. The summed E-state index contributed by atoms with van der Waals surface area (Å²) in [4.78, 5) is 26.4. The zero-order valence-corrected chi connectivity index (χ0v) is 15.0. The highest BCUT2D eigenvalue weighted by Gasteiger charge is 2.26. The number of nitrogen functional groups attached to an aromatic ring is 1. The van der Waals surface area contributed by atoms with E-state index in [0.29, 0.717) is 10.0 Å². The average molecular weight is 345 g/mol. The van der Waals surface area contributed by atoms with Crippen LogP contribution in [0.2, 0.25) is 0 Å². The fourth-order valence-electron chi connectivity index (χ4n) is 2.93. The van der Waals surface area contributed by atoms with Crippen molar-refractivity contribution >= 4 is 22.4 Å². The highest BCUT2D eigenvalue weighted by Crippen LogP contribution is 2.23. The van der Waals surface area contributed by atoms with Gasteiger partial charge in [0.15, 0.2) is 5.13 Å². The third-order valence-corrected chi connectivity index (χ3v) is 5.31. The van der Waals surface area contributed by atoms with Gasteiger partial charge in [-0.15, -0.1) is 0 Å². The number of nitrogens with two attached hydrogens (primary N) is 1. The summed E-state index contributed by atoms with van der Waals surface area (Å²) in [7, 11) is 0. The first-order valence-electron chi connectivity index (χ1n) is 8.25. The number of aryl methyl sites for hydroxylation is 2. The van der Waals surface area contributed by atoms with Crippen LogP contribution in [-0.2, 0) is 13.0 Å². The molecule has 1 aliphatic heterocycles. The van der Waals surface area contributed by atoms with Crippen molar-refractivity contribution < 1.29 is 4.79 Å². The van der Waals surface area contributed by atoms with Gasteiger partial charge in [-0.05, 0) is 25.0 Å². The van der Waals surface area contributed by atoms with E-state index in [1.165, 1.54) is 16.9 Å². The number of piperazine rings is 1. The van der Waals surface area contributed by atoms with Crippen LogP contribution in [0.1, 0.15) is 33.5 Å². The van der Waals surface area contributed by atoms with Gasteiger partial charge in [0.1, 0.15) is 4.88 Å². The van der Waals surface area contributed by atoms with Gasteiger partial charge >= 0.3 is 0 Å². The predicted molar refractivity (Wildman–Crippen MR) is 96.1 cm³/mol. The van der Waals surface area contributed by atoms with Gasteiger partial charge in [-0.25, -0.2) is 4.98 Å². The Morgan fingerprint density at radius 1 is 1.29 bits per heavy atom. The van der Waals surface area contributed by atoms with Gasteiger partial charge in [-0.1, -0.05) is 24.3 Å². The van der Waals surface area contributed by atoms with Gasteiger partial charge in [-0.2, -0.15) is 0 Å². The molecule has 6 nitrogen and oxygen atoms in total. The smallest absolute Gasteiger partial charge is 0.266 e. The second-order valence-corrected chi connectivity index (χ2v) is 7.05. The van der Waals surface area contributed by atoms with E-state index in [1.807, 2.05) is 24.1 Å². The van der Waals surface area contributed by atoms with Crippen LogP contribution in [-0.4, -0.2) is 51.9 Å². The molecule has 2 aromatic heterocycles. The van der Waals surface area contributed by atoms with Crippen LogP contribution in [0, 0.1) is 6.92 Å². The lowest BCUT2D eigenvalue weighted by Gasteiger charge is -2.34. The number of carbonyl (C=O) groups excluding carboxylic acids is 1. The van der Waals surface area contributed by atoms with Gasteiger partial charge in [0.2, 0.25) is 0 Å². The Kier molecular flexibility index (Phi) is 5.11. The molecule has 1 aliphatic rings. The first-order valence-corrected chi connectivity index (χ1v) is 9.07. The molecular formula is C17H23N5OS. The lowest BCUT2D eigenvalue weighted by atomic mass is 10.2. The highest BCUT2D eigenvalue weighted by molar-refractivity contribution is 7.17. The van der Waals surface area contributed by atoms with Crippen LogP contribution in [0.3, 0.4) is 0 Å². The second kappa shape index (κ2) is 7.27. The number of hydrogen-bond donors (Lipinski definition) is 1. The molecule has 7 heteroatoms. The summed E-state index contributed by atoms with van der Waals surface area (Å²) in [5, 5.41) is 0.472. The summed E-state index contributed by atoms with van der Waals surface area (Å²) < 4.78 is 0. The maximum Gasteiger partial charge on any atom is 0.266 e. The number of pyridine rings is 1. The monoisotopic (exact) mass is 345 g/mol. The predicted octanol–water partition coefficient (Wildman–Crippen LogP) is 1.95. The van der Waals surface area contributed by atoms with Crippen molar-refractivity contribution in [2.45, 2.75) is 26.8 Å². The third-order valence-electron chi connectivity index (χ3n) is 4.39. The maximum absolute atomic E-state index is 12.7. The lowest BCUT2D eigenvalue weighted by molar-refractivity contribution is 0.0630. The van der Waals surface area contributed by atoms with Crippen molar-refractivity contribution in [3.63, 3.8) is 0 Å². The molecule has 1 fully saturated rings. The summed E-state index contributed by atoms with van der Waals surface area (Å²) in [6.45, 7) is 8.09. The van der Waals surface area contributed by atoms with Gasteiger partial charge in [0.05, 0.1) is 11.4 Å². The Balaban J connectivity index is 1.60. The normalized spacial score (nSPS) is 15.7. The summed E-state index contributed by atoms with van der Waals surface area (Å²) in [6.07, 6.45) is 2.57. The molecule has 2 aromatic rings. The fraction of sp³-hybridized carbons (Fsp3) is 0.471. The molecule has 128 valence electrons. The minimum absolute atomic E-state index is 0.0646. The number of rotatable bonds is 4. The van der Waals surface area contributed by atoms with Crippen molar-refractivity contribution in [3.05, 3.63) is 40.2 Å². The maximum atomic E-state index is 12.7. The SMILES string of the molecule is CCc1nc(N)sc1C(=O)N1CCN(Cc2ncccc2C)CC1. The Morgan fingerprint density at radius 2 is 2.04 bits per heavy atom. The molecule has 1 saturated heterocycles. The molecule has 24 heavy (non-hydrogen) atoms. The van der Waals surface area contributed by atoms with E-state index in [4.69, 9.17) is 5.73 Å². The van der Waals surface area contributed by atoms with Crippen LogP contribution >= 0.6 is 11.3 Å². The van der Waals surface area contributed by atoms with E-state index < -0.39 is 0 Å². The molecule has 0 atom stereocenters. The van der Waals surface area contributed by atoms with Crippen molar-refractivity contribution in [2.75, 3.05) is 31.9 Å². The quantitative estimate of drug-likeness (QED) is 0.917. The van der Waals surface area contributed by atoms with Gasteiger partial charge < -0.3 is 10.6 Å². The molecule has 0 bridgehead atoms. The first kappa shape index (κ1) is 16.9. The molecule has 0 saturated carbocycles. The molecule has 3 rings (SSSR count). The Hall–Kier alpha value is -1.99. The zero-order chi connectivity index (χ0) is 17.1. The molecule has 0 aliphatic carbocycles. The van der Waals surface area contributed by atoms with Crippen LogP contribution in [0.15, 0.2) is 18.3 Å². The summed E-state index contributed by atoms with van der Waals surface area (Å²) in [5.41, 5.74) is 8.90. The van der Waals surface area contributed by atoms with E-state index in [2.05, 4.69) is 27.9 Å². The van der Waals surface area contributed by atoms with Crippen LogP contribution in [0.5, 0.6) is 0 Å². The molecule has 3 heterocycles.